The van der Waals surface area contributed by atoms with E-state index in [1.807, 2.05) is 78.9 Å². The van der Waals surface area contributed by atoms with Gasteiger partial charge in [0.15, 0.2) is 0 Å². The average molecular weight is 469 g/mol. The standard InChI is InChI=1S/C28H28N4O3/c1-35-22-15-13-21(14-16-22)26-18-24(20-8-3-2-4-9-20)30-32(26)28(34)19-29-23-10-5-6-11-25(23)31-17-7-12-27(31)33/h2-6,8-11,13-16,26,29H,7,12,17-19H2,1H3. The number of hydrazone groups is 1. The van der Waals surface area contributed by atoms with E-state index >= 15 is 0 Å². The Kier molecular flexibility index (Phi) is 6.48. The molecule has 2 heterocycles. The smallest absolute Gasteiger partial charge is 0.262 e. The Labute approximate surface area is 205 Å². The Morgan fingerprint density at radius 2 is 1.77 bits per heavy atom. The van der Waals surface area contributed by atoms with Gasteiger partial charge in [-0.1, -0.05) is 54.6 Å². The zero-order valence-electron chi connectivity index (χ0n) is 19.7. The molecule has 0 aliphatic carbocycles. The van der Waals surface area contributed by atoms with Crippen LogP contribution in [0.5, 0.6) is 5.75 Å². The third-order valence-electron chi connectivity index (χ3n) is 6.47. The van der Waals surface area contributed by atoms with E-state index in [0.29, 0.717) is 19.4 Å². The van der Waals surface area contributed by atoms with E-state index in [2.05, 4.69) is 5.32 Å². The number of nitrogens with one attached hydrogen (secondary N) is 1. The van der Waals surface area contributed by atoms with Crippen molar-refractivity contribution in [3.63, 3.8) is 0 Å². The first kappa shape index (κ1) is 22.7. The van der Waals surface area contributed by atoms with Gasteiger partial charge in [0.05, 0.1) is 36.8 Å². The van der Waals surface area contributed by atoms with Gasteiger partial charge in [0.25, 0.3) is 5.91 Å². The number of rotatable bonds is 7. The highest BCUT2D eigenvalue weighted by atomic mass is 16.5. The zero-order valence-corrected chi connectivity index (χ0v) is 19.7. The summed E-state index contributed by atoms with van der Waals surface area (Å²) in [5.74, 6) is 0.740. The molecule has 0 saturated carbocycles. The van der Waals surface area contributed by atoms with Crippen LogP contribution in [0.2, 0.25) is 0 Å². The van der Waals surface area contributed by atoms with Crippen LogP contribution < -0.4 is 15.0 Å². The molecule has 0 spiro atoms. The van der Waals surface area contributed by atoms with Crippen molar-refractivity contribution in [2.75, 3.05) is 30.4 Å². The minimum Gasteiger partial charge on any atom is -0.497 e. The van der Waals surface area contributed by atoms with Crippen LogP contribution in [0, 0.1) is 0 Å². The molecule has 7 heteroatoms. The van der Waals surface area contributed by atoms with Crippen LogP contribution in [0.4, 0.5) is 11.4 Å². The Balaban J connectivity index is 1.38. The molecule has 1 N–H and O–H groups in total. The van der Waals surface area contributed by atoms with Crippen molar-refractivity contribution in [1.29, 1.82) is 0 Å². The third-order valence-corrected chi connectivity index (χ3v) is 6.47. The van der Waals surface area contributed by atoms with Gasteiger partial charge in [0.1, 0.15) is 5.75 Å². The summed E-state index contributed by atoms with van der Waals surface area (Å²) in [6, 6.07) is 25.1. The lowest BCUT2D eigenvalue weighted by atomic mass is 9.98. The molecule has 0 bridgehead atoms. The molecule has 2 aliphatic heterocycles. The van der Waals surface area contributed by atoms with Crippen LogP contribution in [-0.4, -0.2) is 42.7 Å². The number of methoxy groups -OCH3 is 1. The number of amides is 2. The Bertz CT molecular complexity index is 1240. The lowest BCUT2D eigenvalue weighted by molar-refractivity contribution is -0.131. The van der Waals surface area contributed by atoms with Gasteiger partial charge < -0.3 is 15.0 Å². The van der Waals surface area contributed by atoms with Gasteiger partial charge in [-0.15, -0.1) is 0 Å². The van der Waals surface area contributed by atoms with Crippen molar-refractivity contribution >= 4 is 28.9 Å². The Morgan fingerprint density at radius 3 is 2.49 bits per heavy atom. The van der Waals surface area contributed by atoms with E-state index in [1.54, 1.807) is 17.0 Å². The molecule has 35 heavy (non-hydrogen) atoms. The van der Waals surface area contributed by atoms with Gasteiger partial charge >= 0.3 is 0 Å². The van der Waals surface area contributed by atoms with Crippen LogP contribution in [0.1, 0.15) is 36.4 Å². The second-order valence-corrected chi connectivity index (χ2v) is 8.66. The van der Waals surface area contributed by atoms with E-state index in [9.17, 15) is 9.59 Å². The minimum atomic E-state index is -0.208. The van der Waals surface area contributed by atoms with Crippen molar-refractivity contribution in [2.24, 2.45) is 5.10 Å². The molecule has 3 aromatic rings. The highest BCUT2D eigenvalue weighted by Gasteiger charge is 2.33. The number of nitrogens with zero attached hydrogens (tertiary/aromatic N) is 3. The van der Waals surface area contributed by atoms with Crippen LogP contribution >= 0.6 is 0 Å². The molecular formula is C28H28N4O3. The summed E-state index contributed by atoms with van der Waals surface area (Å²) >= 11 is 0. The summed E-state index contributed by atoms with van der Waals surface area (Å²) in [7, 11) is 1.64. The minimum absolute atomic E-state index is 0.0667. The molecule has 2 amide bonds. The summed E-state index contributed by atoms with van der Waals surface area (Å²) in [6.07, 6.45) is 2.03. The molecule has 5 rings (SSSR count). The molecule has 3 aromatic carbocycles. The second kappa shape index (κ2) is 10.0. The van der Waals surface area contributed by atoms with Crippen LogP contribution in [0.25, 0.3) is 0 Å². The van der Waals surface area contributed by atoms with Gasteiger partial charge in [-0.2, -0.15) is 5.10 Å². The van der Waals surface area contributed by atoms with E-state index in [1.165, 1.54) is 0 Å². The number of hydrogen-bond acceptors (Lipinski definition) is 5. The fourth-order valence-corrected chi connectivity index (χ4v) is 4.64. The van der Waals surface area contributed by atoms with Gasteiger partial charge in [0.2, 0.25) is 5.91 Å². The molecule has 0 aromatic heterocycles. The molecule has 0 radical (unpaired) electrons. The van der Waals surface area contributed by atoms with Crippen molar-refractivity contribution in [2.45, 2.75) is 25.3 Å². The molecule has 1 unspecified atom stereocenters. The average Bonchev–Trinajstić information content (AvgIpc) is 3.55. The number of para-hydroxylation sites is 2. The maximum atomic E-state index is 13.5. The first-order valence-electron chi connectivity index (χ1n) is 11.9. The van der Waals surface area contributed by atoms with Crippen LogP contribution in [0.3, 0.4) is 0 Å². The summed E-state index contributed by atoms with van der Waals surface area (Å²) < 4.78 is 5.30. The molecule has 1 fully saturated rings. The highest BCUT2D eigenvalue weighted by molar-refractivity contribution is 6.03. The topological polar surface area (TPSA) is 74.2 Å². The van der Waals surface area contributed by atoms with E-state index in [4.69, 9.17) is 9.84 Å². The van der Waals surface area contributed by atoms with Crippen molar-refractivity contribution in [1.82, 2.24) is 5.01 Å². The monoisotopic (exact) mass is 468 g/mol. The van der Waals surface area contributed by atoms with E-state index < -0.39 is 0 Å². The van der Waals surface area contributed by atoms with Gasteiger partial charge in [0, 0.05) is 19.4 Å². The fraction of sp³-hybridized carbons (Fsp3) is 0.250. The molecule has 2 aliphatic rings. The van der Waals surface area contributed by atoms with Crippen molar-refractivity contribution < 1.29 is 14.3 Å². The number of carbonyl (C=O) groups is 2. The first-order valence-corrected chi connectivity index (χ1v) is 11.9. The highest BCUT2D eigenvalue weighted by Crippen LogP contribution is 2.34. The quantitative estimate of drug-likeness (QED) is 0.550. The van der Waals surface area contributed by atoms with Crippen LogP contribution in [-0.2, 0) is 9.59 Å². The number of anilines is 2. The first-order chi connectivity index (χ1) is 17.1. The van der Waals surface area contributed by atoms with Crippen molar-refractivity contribution in [3.05, 3.63) is 90.0 Å². The third kappa shape index (κ3) is 4.75. The maximum Gasteiger partial charge on any atom is 0.262 e. The maximum absolute atomic E-state index is 13.5. The molecule has 1 atom stereocenters. The number of benzene rings is 3. The molecular weight excluding hydrogens is 440 g/mol. The van der Waals surface area contributed by atoms with E-state index in [0.717, 1.165) is 40.4 Å². The van der Waals surface area contributed by atoms with Crippen molar-refractivity contribution in [3.8, 4) is 5.75 Å². The Morgan fingerprint density at radius 1 is 1.03 bits per heavy atom. The fourth-order valence-electron chi connectivity index (χ4n) is 4.64. The molecule has 178 valence electrons. The van der Waals surface area contributed by atoms with Gasteiger partial charge in [-0.05, 0) is 41.8 Å². The normalized spacial score (nSPS) is 17.5. The van der Waals surface area contributed by atoms with Gasteiger partial charge in [-0.25, -0.2) is 5.01 Å². The zero-order chi connectivity index (χ0) is 24.2. The predicted octanol–water partition coefficient (Wildman–Crippen LogP) is 4.61. The predicted molar refractivity (Wildman–Crippen MR) is 137 cm³/mol. The number of ether oxygens (including phenoxy) is 1. The SMILES string of the molecule is COc1ccc(C2CC(c3ccccc3)=NN2C(=O)CNc2ccccc2N2CCCC2=O)cc1. The number of hydrogen-bond donors (Lipinski definition) is 1. The lowest BCUT2D eigenvalue weighted by Crippen LogP contribution is -2.33. The summed E-state index contributed by atoms with van der Waals surface area (Å²) in [6.45, 7) is 0.763. The number of carbonyl (C=O) groups excluding carboxylic acids is 2. The summed E-state index contributed by atoms with van der Waals surface area (Å²) in [5.41, 5.74) is 4.46. The van der Waals surface area contributed by atoms with E-state index in [-0.39, 0.29) is 24.4 Å². The summed E-state index contributed by atoms with van der Waals surface area (Å²) in [4.78, 5) is 27.5. The summed E-state index contributed by atoms with van der Waals surface area (Å²) in [5, 5.41) is 9.59. The largest absolute Gasteiger partial charge is 0.497 e. The molecule has 7 nitrogen and oxygen atoms in total. The molecule has 1 saturated heterocycles. The lowest BCUT2D eigenvalue weighted by Gasteiger charge is -2.24. The van der Waals surface area contributed by atoms with Gasteiger partial charge in [-0.3, -0.25) is 9.59 Å². The Hall–Kier alpha value is -4.13. The van der Waals surface area contributed by atoms with Crippen LogP contribution in [0.15, 0.2) is 84.0 Å². The second-order valence-electron chi connectivity index (χ2n) is 8.66.